The summed E-state index contributed by atoms with van der Waals surface area (Å²) in [7, 11) is 0. The van der Waals surface area contributed by atoms with Crippen LogP contribution in [-0.2, 0) is 0 Å². The van der Waals surface area contributed by atoms with Gasteiger partial charge in [0.05, 0.1) is 0 Å². The van der Waals surface area contributed by atoms with Crippen LogP contribution in [-0.4, -0.2) is 36.3 Å². The molecule has 21 heavy (non-hydrogen) atoms. The molecule has 0 amide bonds. The number of phenols is 1. The minimum Gasteiger partial charge on any atom is -0.508 e. The Hall–Kier alpha value is -1.79. The third-order valence-electron chi connectivity index (χ3n) is 3.84. The van der Waals surface area contributed by atoms with E-state index in [4.69, 9.17) is 5.73 Å². The highest BCUT2D eigenvalue weighted by Gasteiger charge is 2.19. The summed E-state index contributed by atoms with van der Waals surface area (Å²) in [5.41, 5.74) is 7.67. The van der Waals surface area contributed by atoms with E-state index in [0.29, 0.717) is 0 Å². The van der Waals surface area contributed by atoms with Gasteiger partial charge in [0, 0.05) is 61.1 Å². The van der Waals surface area contributed by atoms with Crippen molar-refractivity contribution in [2.75, 3.05) is 36.0 Å². The molecule has 2 heterocycles. The monoisotopic (exact) mass is 304 g/mol. The normalized spacial score (nSPS) is 17.0. The highest BCUT2D eigenvalue weighted by molar-refractivity contribution is 7.13. The molecule has 0 spiro atoms. The van der Waals surface area contributed by atoms with Crippen LogP contribution in [0.4, 0.5) is 10.8 Å². The van der Waals surface area contributed by atoms with Crippen molar-refractivity contribution in [3.63, 3.8) is 0 Å². The molecule has 0 radical (unpaired) electrons. The van der Waals surface area contributed by atoms with Gasteiger partial charge >= 0.3 is 0 Å². The molecular formula is C15H20N4OS. The molecular weight excluding hydrogens is 284 g/mol. The summed E-state index contributed by atoms with van der Waals surface area (Å²) >= 11 is 1.68. The number of aromatic nitrogens is 1. The van der Waals surface area contributed by atoms with E-state index < -0.39 is 0 Å². The minimum absolute atomic E-state index is 0.152. The summed E-state index contributed by atoms with van der Waals surface area (Å²) in [6.07, 6.45) is 1.84. The summed E-state index contributed by atoms with van der Waals surface area (Å²) in [5.74, 6) is 0.282. The first-order valence-electron chi connectivity index (χ1n) is 7.13. The van der Waals surface area contributed by atoms with Crippen LogP contribution < -0.4 is 15.5 Å². The fourth-order valence-corrected chi connectivity index (χ4v) is 3.34. The molecule has 1 atom stereocenters. The van der Waals surface area contributed by atoms with Crippen molar-refractivity contribution in [1.82, 2.24) is 4.98 Å². The average Bonchev–Trinajstić information content (AvgIpc) is 3.01. The number of rotatable bonds is 3. The SMILES string of the molecule is CC(N)c1ccc(N2CCN(c3nccs3)CC2)cc1O. The average molecular weight is 304 g/mol. The second kappa shape index (κ2) is 5.91. The molecule has 5 nitrogen and oxygen atoms in total. The number of thiazole rings is 1. The van der Waals surface area contributed by atoms with Gasteiger partial charge in [0.2, 0.25) is 0 Å². The van der Waals surface area contributed by atoms with Gasteiger partial charge in [-0.15, -0.1) is 11.3 Å². The molecule has 1 aliphatic rings. The van der Waals surface area contributed by atoms with E-state index in [1.807, 2.05) is 36.7 Å². The summed E-state index contributed by atoms with van der Waals surface area (Å²) in [4.78, 5) is 8.94. The Morgan fingerprint density at radius 3 is 2.52 bits per heavy atom. The molecule has 1 saturated heterocycles. The van der Waals surface area contributed by atoms with E-state index in [0.717, 1.165) is 42.6 Å². The number of hydrogen-bond acceptors (Lipinski definition) is 6. The van der Waals surface area contributed by atoms with E-state index in [1.165, 1.54) is 0 Å². The highest BCUT2D eigenvalue weighted by Crippen LogP contribution is 2.29. The van der Waals surface area contributed by atoms with Gasteiger partial charge < -0.3 is 20.6 Å². The Kier molecular flexibility index (Phi) is 3.98. The highest BCUT2D eigenvalue weighted by atomic mass is 32.1. The summed E-state index contributed by atoms with van der Waals surface area (Å²) in [6.45, 7) is 5.63. The maximum absolute atomic E-state index is 10.1. The molecule has 1 aromatic carbocycles. The van der Waals surface area contributed by atoms with Gasteiger partial charge in [0.1, 0.15) is 5.75 Å². The first-order chi connectivity index (χ1) is 10.1. The Bertz CT molecular complexity index is 592. The smallest absolute Gasteiger partial charge is 0.185 e. The number of benzene rings is 1. The summed E-state index contributed by atoms with van der Waals surface area (Å²) in [5, 5.41) is 13.2. The quantitative estimate of drug-likeness (QED) is 0.910. The van der Waals surface area contributed by atoms with Gasteiger partial charge in [-0.25, -0.2) is 4.98 Å². The van der Waals surface area contributed by atoms with Gasteiger partial charge in [0.15, 0.2) is 5.13 Å². The van der Waals surface area contributed by atoms with Gasteiger partial charge in [0.25, 0.3) is 0 Å². The van der Waals surface area contributed by atoms with Crippen molar-refractivity contribution in [3.8, 4) is 5.75 Å². The van der Waals surface area contributed by atoms with Gasteiger partial charge in [-0.1, -0.05) is 6.07 Å². The molecule has 1 unspecified atom stereocenters. The van der Waals surface area contributed by atoms with E-state index in [1.54, 1.807) is 11.3 Å². The zero-order valence-electron chi connectivity index (χ0n) is 12.1. The number of nitrogens with two attached hydrogens (primary N) is 1. The van der Waals surface area contributed by atoms with Crippen LogP contribution in [0.25, 0.3) is 0 Å². The number of nitrogens with zero attached hydrogens (tertiary/aromatic N) is 3. The summed E-state index contributed by atoms with van der Waals surface area (Å²) < 4.78 is 0. The molecule has 0 bridgehead atoms. The van der Waals surface area contributed by atoms with Crippen molar-refractivity contribution in [2.45, 2.75) is 13.0 Å². The van der Waals surface area contributed by atoms with Crippen molar-refractivity contribution in [2.24, 2.45) is 5.73 Å². The van der Waals surface area contributed by atoms with Crippen LogP contribution >= 0.6 is 11.3 Å². The third kappa shape index (κ3) is 2.96. The van der Waals surface area contributed by atoms with E-state index in [9.17, 15) is 5.11 Å². The van der Waals surface area contributed by atoms with Crippen LogP contribution in [0.15, 0.2) is 29.8 Å². The third-order valence-corrected chi connectivity index (χ3v) is 4.67. The summed E-state index contributed by atoms with van der Waals surface area (Å²) in [6, 6.07) is 5.62. The van der Waals surface area contributed by atoms with Crippen molar-refractivity contribution >= 4 is 22.2 Å². The van der Waals surface area contributed by atoms with Gasteiger partial charge in [-0.3, -0.25) is 0 Å². The van der Waals surface area contributed by atoms with Crippen molar-refractivity contribution in [3.05, 3.63) is 35.3 Å². The standard InChI is InChI=1S/C15H20N4OS/c1-11(16)13-3-2-12(10-14(13)20)18-5-7-19(8-6-18)15-17-4-9-21-15/h2-4,9-11,20H,5-8,16H2,1H3. The number of piperazine rings is 1. The maximum Gasteiger partial charge on any atom is 0.185 e. The van der Waals surface area contributed by atoms with Crippen LogP contribution in [0.2, 0.25) is 0 Å². The molecule has 112 valence electrons. The first-order valence-corrected chi connectivity index (χ1v) is 8.01. The first kappa shape index (κ1) is 14.2. The number of hydrogen-bond donors (Lipinski definition) is 2. The predicted octanol–water partition coefficient (Wildman–Crippen LogP) is 2.20. The molecule has 0 aliphatic carbocycles. The molecule has 3 N–H and O–H groups in total. The minimum atomic E-state index is -0.152. The molecule has 2 aromatic rings. The molecule has 6 heteroatoms. The number of anilines is 2. The van der Waals surface area contributed by atoms with Crippen LogP contribution in [0.5, 0.6) is 5.75 Å². The van der Waals surface area contributed by atoms with Crippen LogP contribution in [0.3, 0.4) is 0 Å². The lowest BCUT2D eigenvalue weighted by Crippen LogP contribution is -2.46. The topological polar surface area (TPSA) is 65.6 Å². The second-order valence-electron chi connectivity index (χ2n) is 5.32. The fraction of sp³-hybridized carbons (Fsp3) is 0.400. The Balaban J connectivity index is 1.68. The Morgan fingerprint density at radius 2 is 1.95 bits per heavy atom. The fourth-order valence-electron chi connectivity index (χ4n) is 2.64. The zero-order chi connectivity index (χ0) is 14.8. The molecule has 0 saturated carbocycles. The largest absolute Gasteiger partial charge is 0.508 e. The molecule has 1 aromatic heterocycles. The van der Waals surface area contributed by atoms with Gasteiger partial charge in [-0.2, -0.15) is 0 Å². The lowest BCUT2D eigenvalue weighted by atomic mass is 10.1. The van der Waals surface area contributed by atoms with Crippen LogP contribution in [0, 0.1) is 0 Å². The van der Waals surface area contributed by atoms with Crippen LogP contribution in [0.1, 0.15) is 18.5 Å². The Labute approximate surface area is 128 Å². The van der Waals surface area contributed by atoms with Crippen molar-refractivity contribution < 1.29 is 5.11 Å². The molecule has 1 fully saturated rings. The Morgan fingerprint density at radius 1 is 1.24 bits per heavy atom. The number of aromatic hydroxyl groups is 1. The zero-order valence-corrected chi connectivity index (χ0v) is 12.9. The second-order valence-corrected chi connectivity index (χ2v) is 6.19. The van der Waals surface area contributed by atoms with E-state index in [-0.39, 0.29) is 11.8 Å². The maximum atomic E-state index is 10.1. The van der Waals surface area contributed by atoms with E-state index >= 15 is 0 Å². The molecule has 1 aliphatic heterocycles. The predicted molar refractivity (Wildman–Crippen MR) is 87.2 cm³/mol. The van der Waals surface area contributed by atoms with Crippen molar-refractivity contribution in [1.29, 1.82) is 0 Å². The van der Waals surface area contributed by atoms with Gasteiger partial charge in [-0.05, 0) is 13.0 Å². The lowest BCUT2D eigenvalue weighted by Gasteiger charge is -2.36. The lowest BCUT2D eigenvalue weighted by molar-refractivity contribution is 0.463. The van der Waals surface area contributed by atoms with E-state index in [2.05, 4.69) is 14.8 Å². The molecule has 3 rings (SSSR count). The number of phenolic OH excluding ortho intramolecular Hbond substituents is 1.